The van der Waals surface area contributed by atoms with Crippen molar-refractivity contribution in [2.75, 3.05) is 0 Å². The summed E-state index contributed by atoms with van der Waals surface area (Å²) in [5, 5.41) is 11.7. The maximum Gasteiger partial charge on any atom is 0.210 e. The Morgan fingerprint density at radius 3 is 2.58 bits per heavy atom. The number of halogens is 1. The molecule has 4 rings (SSSR count). The number of rotatable bonds is 4. The quantitative estimate of drug-likeness (QED) is 0.421. The summed E-state index contributed by atoms with van der Waals surface area (Å²) in [5.41, 5.74) is 3.43. The fraction of sp³-hybridized carbons (Fsp3) is 0.0526. The number of pyridine rings is 1. The van der Waals surface area contributed by atoms with E-state index >= 15 is 0 Å². The molecule has 0 fully saturated rings. The van der Waals surface area contributed by atoms with Gasteiger partial charge >= 0.3 is 0 Å². The van der Waals surface area contributed by atoms with Crippen molar-refractivity contribution in [3.8, 4) is 0 Å². The predicted octanol–water partition coefficient (Wildman–Crippen LogP) is 3.09. The van der Waals surface area contributed by atoms with Crippen molar-refractivity contribution in [2.45, 2.75) is 6.92 Å². The van der Waals surface area contributed by atoms with Crippen LogP contribution >= 0.6 is 0 Å². The first-order chi connectivity index (χ1) is 12.6. The van der Waals surface area contributed by atoms with E-state index in [0.717, 1.165) is 16.6 Å². The highest BCUT2D eigenvalue weighted by molar-refractivity contribution is 6.11. The van der Waals surface area contributed by atoms with Gasteiger partial charge in [-0.15, -0.1) is 10.2 Å². The number of hydrogen-bond acceptors (Lipinski definition) is 4. The van der Waals surface area contributed by atoms with Gasteiger partial charge in [0.05, 0.1) is 17.4 Å². The zero-order chi connectivity index (χ0) is 18.1. The molecule has 6 nitrogen and oxygen atoms in total. The number of carbonyl (C=O) groups excluding carboxylic acids is 1. The second kappa shape index (κ2) is 6.36. The molecule has 7 heteroatoms. The minimum absolute atomic E-state index is 0.173. The lowest BCUT2D eigenvalue weighted by Crippen LogP contribution is -2.07. The topological polar surface area (TPSA) is 64.6 Å². The third-order valence-electron chi connectivity index (χ3n) is 4.18. The Hall–Kier alpha value is -3.61. The van der Waals surface area contributed by atoms with Crippen LogP contribution in [0.15, 0.2) is 66.4 Å². The van der Waals surface area contributed by atoms with E-state index in [1.807, 2.05) is 35.7 Å². The molecule has 0 radical (unpaired) electrons. The molecule has 0 saturated heterocycles. The summed E-state index contributed by atoms with van der Waals surface area (Å²) in [7, 11) is 0. The molecule has 0 N–H and O–H groups in total. The minimum Gasteiger partial charge on any atom is -0.313 e. The standard InChI is InChI=1S/C19H14FN5O/c1-13-16(10-23-24-11-21-22-12-24)17-4-2-3-9-25(17)18(13)19(26)14-5-7-15(20)8-6-14/h2-12H,1H3/b23-10-. The number of ketones is 1. The van der Waals surface area contributed by atoms with E-state index in [9.17, 15) is 9.18 Å². The summed E-state index contributed by atoms with van der Waals surface area (Å²) in [6.07, 6.45) is 6.47. The molecule has 128 valence electrons. The molecule has 0 aliphatic rings. The van der Waals surface area contributed by atoms with E-state index in [2.05, 4.69) is 15.3 Å². The van der Waals surface area contributed by atoms with Gasteiger partial charge in [-0.25, -0.2) is 9.07 Å². The van der Waals surface area contributed by atoms with Gasteiger partial charge in [0.25, 0.3) is 0 Å². The van der Waals surface area contributed by atoms with Gasteiger partial charge in [0.2, 0.25) is 5.78 Å². The minimum atomic E-state index is -0.375. The van der Waals surface area contributed by atoms with Crippen molar-refractivity contribution in [1.82, 2.24) is 19.3 Å². The molecule has 0 aliphatic carbocycles. The first kappa shape index (κ1) is 15.9. The molecule has 0 saturated carbocycles. The third kappa shape index (κ3) is 2.69. The highest BCUT2D eigenvalue weighted by Gasteiger charge is 2.20. The highest BCUT2D eigenvalue weighted by atomic mass is 19.1. The van der Waals surface area contributed by atoms with Crippen LogP contribution in [0.4, 0.5) is 4.39 Å². The van der Waals surface area contributed by atoms with Gasteiger partial charge in [-0.1, -0.05) is 6.07 Å². The van der Waals surface area contributed by atoms with E-state index in [0.29, 0.717) is 11.3 Å². The summed E-state index contributed by atoms with van der Waals surface area (Å²) in [6, 6.07) is 11.2. The summed E-state index contributed by atoms with van der Waals surface area (Å²) < 4.78 is 16.5. The van der Waals surface area contributed by atoms with Crippen molar-refractivity contribution < 1.29 is 9.18 Å². The molecule has 26 heavy (non-hydrogen) atoms. The van der Waals surface area contributed by atoms with Crippen molar-refractivity contribution >= 4 is 17.5 Å². The number of hydrogen-bond donors (Lipinski definition) is 0. The number of fused-ring (bicyclic) bond motifs is 1. The van der Waals surface area contributed by atoms with E-state index in [1.165, 1.54) is 41.6 Å². The second-order valence-electron chi connectivity index (χ2n) is 5.77. The lowest BCUT2D eigenvalue weighted by Gasteiger charge is -2.04. The molecule has 4 aromatic rings. The van der Waals surface area contributed by atoms with Crippen molar-refractivity contribution in [1.29, 1.82) is 0 Å². The van der Waals surface area contributed by atoms with Gasteiger partial charge < -0.3 is 4.40 Å². The molecule has 3 aromatic heterocycles. The molecular weight excluding hydrogens is 333 g/mol. The van der Waals surface area contributed by atoms with E-state index < -0.39 is 0 Å². The van der Waals surface area contributed by atoms with E-state index in [1.54, 1.807) is 6.21 Å². The number of nitrogens with zero attached hydrogens (tertiary/aromatic N) is 5. The molecule has 0 spiro atoms. The summed E-state index contributed by atoms with van der Waals surface area (Å²) in [6.45, 7) is 1.87. The lowest BCUT2D eigenvalue weighted by molar-refractivity contribution is 0.103. The smallest absolute Gasteiger partial charge is 0.210 e. The number of aromatic nitrogens is 4. The maximum absolute atomic E-state index is 13.2. The van der Waals surface area contributed by atoms with E-state index in [-0.39, 0.29) is 11.6 Å². The van der Waals surface area contributed by atoms with Gasteiger partial charge in [0.1, 0.15) is 18.5 Å². The fourth-order valence-electron chi connectivity index (χ4n) is 2.92. The number of benzene rings is 1. The van der Waals surface area contributed by atoms with Crippen LogP contribution in [0.25, 0.3) is 5.52 Å². The van der Waals surface area contributed by atoms with Gasteiger partial charge in [-0.2, -0.15) is 5.10 Å². The Morgan fingerprint density at radius 1 is 1.12 bits per heavy atom. The van der Waals surface area contributed by atoms with Crippen LogP contribution in [0.2, 0.25) is 0 Å². The maximum atomic E-state index is 13.2. The summed E-state index contributed by atoms with van der Waals surface area (Å²) in [4.78, 5) is 13.0. The molecule has 3 heterocycles. The van der Waals surface area contributed by atoms with Crippen LogP contribution in [0, 0.1) is 12.7 Å². The average Bonchev–Trinajstić information content (AvgIpc) is 3.26. The predicted molar refractivity (Wildman–Crippen MR) is 95.0 cm³/mol. The van der Waals surface area contributed by atoms with Gasteiger partial charge in [0.15, 0.2) is 0 Å². The molecule has 0 bridgehead atoms. The van der Waals surface area contributed by atoms with E-state index in [4.69, 9.17) is 0 Å². The fourth-order valence-corrected chi connectivity index (χ4v) is 2.92. The molecule has 0 unspecified atom stereocenters. The Balaban J connectivity index is 1.86. The summed E-state index contributed by atoms with van der Waals surface area (Å²) in [5.74, 6) is -0.548. The SMILES string of the molecule is Cc1c(/C=N\n2cnnc2)c2ccccn2c1C(=O)c1ccc(F)cc1. The largest absolute Gasteiger partial charge is 0.313 e. The van der Waals surface area contributed by atoms with Crippen LogP contribution in [-0.2, 0) is 0 Å². The second-order valence-corrected chi connectivity index (χ2v) is 5.77. The molecule has 0 amide bonds. The van der Waals surface area contributed by atoms with Crippen molar-refractivity contribution in [2.24, 2.45) is 5.10 Å². The molecular formula is C19H14FN5O. The van der Waals surface area contributed by atoms with Crippen LogP contribution in [0.1, 0.15) is 27.2 Å². The Kier molecular flexibility index (Phi) is 3.89. The Bertz CT molecular complexity index is 1110. The first-order valence-electron chi connectivity index (χ1n) is 7.94. The monoisotopic (exact) mass is 347 g/mol. The zero-order valence-electron chi connectivity index (χ0n) is 13.9. The van der Waals surface area contributed by atoms with Crippen LogP contribution in [0.3, 0.4) is 0 Å². The zero-order valence-corrected chi connectivity index (χ0v) is 13.9. The van der Waals surface area contributed by atoms with Crippen LogP contribution in [-0.4, -0.2) is 31.3 Å². The average molecular weight is 347 g/mol. The van der Waals surface area contributed by atoms with Crippen molar-refractivity contribution in [3.63, 3.8) is 0 Å². The van der Waals surface area contributed by atoms with Crippen LogP contribution < -0.4 is 0 Å². The molecule has 1 aromatic carbocycles. The normalized spacial score (nSPS) is 11.5. The Labute approximate surface area is 148 Å². The summed E-state index contributed by atoms with van der Waals surface area (Å²) >= 11 is 0. The van der Waals surface area contributed by atoms with Gasteiger partial charge in [-0.05, 0) is 48.9 Å². The number of carbonyl (C=O) groups is 1. The Morgan fingerprint density at radius 2 is 1.85 bits per heavy atom. The highest BCUT2D eigenvalue weighted by Crippen LogP contribution is 2.24. The van der Waals surface area contributed by atoms with Crippen LogP contribution in [0.5, 0.6) is 0 Å². The molecule has 0 atom stereocenters. The third-order valence-corrected chi connectivity index (χ3v) is 4.18. The van der Waals surface area contributed by atoms with Crippen molar-refractivity contribution in [3.05, 3.63) is 89.5 Å². The van der Waals surface area contributed by atoms with Gasteiger partial charge in [-0.3, -0.25) is 4.79 Å². The molecule has 0 aliphatic heterocycles. The van der Waals surface area contributed by atoms with Gasteiger partial charge in [0, 0.05) is 17.3 Å². The first-order valence-corrected chi connectivity index (χ1v) is 7.94. The lowest BCUT2D eigenvalue weighted by atomic mass is 10.0.